The van der Waals surface area contributed by atoms with E-state index in [4.69, 9.17) is 4.74 Å². The molecular weight excluding hydrogens is 336 g/mol. The van der Waals surface area contributed by atoms with E-state index in [2.05, 4.69) is 48.7 Å². The van der Waals surface area contributed by atoms with Crippen molar-refractivity contribution >= 4 is 22.6 Å². The topological polar surface area (TPSA) is 34.5 Å². The Bertz CT molecular complexity index is 1020. The highest BCUT2D eigenvalue weighted by molar-refractivity contribution is 5.97. The number of unbranched alkanes of at least 4 members (excludes halogenated alkanes) is 1. The van der Waals surface area contributed by atoms with Crippen LogP contribution in [0.2, 0.25) is 0 Å². The van der Waals surface area contributed by atoms with Crippen LogP contribution in [-0.4, -0.2) is 24.6 Å². The first-order chi connectivity index (χ1) is 13.0. The Kier molecular flexibility index (Phi) is 4.42. The number of benzene rings is 2. The molecule has 2 aromatic carbocycles. The molecule has 0 amide bonds. The summed E-state index contributed by atoms with van der Waals surface area (Å²) in [6.45, 7) is 5.33. The zero-order valence-electron chi connectivity index (χ0n) is 16.5. The van der Waals surface area contributed by atoms with Crippen molar-refractivity contribution in [3.8, 4) is 0 Å². The average molecular weight is 362 g/mol. The van der Waals surface area contributed by atoms with Crippen LogP contribution in [0.5, 0.6) is 0 Å². The molecule has 0 aliphatic carbocycles. The van der Waals surface area contributed by atoms with E-state index >= 15 is 0 Å². The Balaban J connectivity index is 1.87. The number of ether oxygens (including phenoxy) is 1. The second-order valence-electron chi connectivity index (χ2n) is 7.47. The molecule has 140 valence electrons. The predicted octanol–water partition coefficient (Wildman–Crippen LogP) is 5.08. The van der Waals surface area contributed by atoms with Crippen LogP contribution in [-0.2, 0) is 11.3 Å². The van der Waals surface area contributed by atoms with Crippen molar-refractivity contribution in [3.63, 3.8) is 0 Å². The summed E-state index contributed by atoms with van der Waals surface area (Å²) in [6, 6.07) is 14.5. The molecule has 4 nitrogen and oxygen atoms in total. The van der Waals surface area contributed by atoms with Crippen LogP contribution in [0.4, 0.5) is 5.69 Å². The Morgan fingerprint density at radius 3 is 2.67 bits per heavy atom. The molecule has 1 unspecified atom stereocenters. The molecule has 1 atom stereocenters. The fourth-order valence-corrected chi connectivity index (χ4v) is 4.07. The number of para-hydroxylation sites is 1. The van der Waals surface area contributed by atoms with Crippen molar-refractivity contribution in [2.24, 2.45) is 0 Å². The quantitative estimate of drug-likeness (QED) is 0.594. The first-order valence-corrected chi connectivity index (χ1v) is 9.63. The number of cyclic esters (lactones) is 1. The zero-order valence-corrected chi connectivity index (χ0v) is 16.5. The summed E-state index contributed by atoms with van der Waals surface area (Å²) in [5, 5.41) is 1.17. The molecule has 1 aliphatic rings. The van der Waals surface area contributed by atoms with E-state index < -0.39 is 0 Å². The fourth-order valence-electron chi connectivity index (χ4n) is 4.07. The molecule has 0 bridgehead atoms. The molecule has 4 rings (SSSR count). The van der Waals surface area contributed by atoms with E-state index in [1.54, 1.807) is 0 Å². The summed E-state index contributed by atoms with van der Waals surface area (Å²) in [4.78, 5) is 14.6. The van der Waals surface area contributed by atoms with Gasteiger partial charge in [-0.05, 0) is 31.5 Å². The minimum atomic E-state index is -0.337. The molecule has 0 saturated heterocycles. The summed E-state index contributed by atoms with van der Waals surface area (Å²) < 4.78 is 8.26. The molecule has 4 heteroatoms. The molecular formula is C23H26N2O2. The van der Waals surface area contributed by atoms with Crippen LogP contribution < -0.4 is 4.90 Å². The minimum absolute atomic E-state index is 0.233. The second kappa shape index (κ2) is 6.76. The number of aryl methyl sites for hydroxylation is 1. The lowest BCUT2D eigenvalue weighted by atomic mass is 9.96. The Hall–Kier alpha value is -2.75. The minimum Gasteiger partial charge on any atom is -0.449 e. The van der Waals surface area contributed by atoms with Gasteiger partial charge in [0.15, 0.2) is 6.10 Å². The van der Waals surface area contributed by atoms with Crippen molar-refractivity contribution in [2.45, 2.75) is 39.3 Å². The maximum Gasteiger partial charge on any atom is 0.339 e. The summed E-state index contributed by atoms with van der Waals surface area (Å²) in [7, 11) is 3.95. The number of rotatable bonds is 5. The van der Waals surface area contributed by atoms with E-state index in [1.165, 1.54) is 16.6 Å². The summed E-state index contributed by atoms with van der Waals surface area (Å²) >= 11 is 0. The number of hydrogen-bond acceptors (Lipinski definition) is 3. The van der Waals surface area contributed by atoms with Gasteiger partial charge in [-0.3, -0.25) is 0 Å². The number of carbonyl (C=O) groups excluding carboxylic acids is 1. The summed E-state index contributed by atoms with van der Waals surface area (Å²) in [5.74, 6) is -0.233. The highest BCUT2D eigenvalue weighted by Crippen LogP contribution is 2.42. The second-order valence-corrected chi connectivity index (χ2v) is 7.47. The first kappa shape index (κ1) is 17.7. The van der Waals surface area contributed by atoms with Crippen molar-refractivity contribution in [2.75, 3.05) is 19.0 Å². The van der Waals surface area contributed by atoms with Crippen molar-refractivity contribution in [1.29, 1.82) is 0 Å². The standard InChI is InChI=1S/C23H26N2O2/c1-5-6-13-25-15(2)21(18-9-7-8-10-20(18)25)22-17-12-11-16(24(3)4)14-19(17)23(26)27-22/h7-12,14,22H,5-6,13H2,1-4H3. The maximum absolute atomic E-state index is 12.6. The molecule has 1 aromatic heterocycles. The molecule has 27 heavy (non-hydrogen) atoms. The molecule has 2 heterocycles. The lowest BCUT2D eigenvalue weighted by Crippen LogP contribution is -2.09. The van der Waals surface area contributed by atoms with Gasteiger partial charge >= 0.3 is 5.97 Å². The third-order valence-corrected chi connectivity index (χ3v) is 5.56. The van der Waals surface area contributed by atoms with Crippen molar-refractivity contribution < 1.29 is 9.53 Å². The number of carbonyl (C=O) groups is 1. The van der Waals surface area contributed by atoms with E-state index in [0.29, 0.717) is 5.56 Å². The van der Waals surface area contributed by atoms with Crippen LogP contribution in [0.25, 0.3) is 10.9 Å². The normalized spacial score (nSPS) is 15.9. The molecule has 0 N–H and O–H groups in total. The SMILES string of the molecule is CCCCn1c(C)c(C2OC(=O)c3cc(N(C)C)ccc32)c2ccccc21. The third kappa shape index (κ3) is 2.80. The van der Waals surface area contributed by atoms with E-state index in [0.717, 1.165) is 36.2 Å². The highest BCUT2D eigenvalue weighted by atomic mass is 16.5. The van der Waals surface area contributed by atoms with Gasteiger partial charge in [0.25, 0.3) is 0 Å². The zero-order chi connectivity index (χ0) is 19.1. The maximum atomic E-state index is 12.6. The highest BCUT2D eigenvalue weighted by Gasteiger charge is 2.35. The van der Waals surface area contributed by atoms with Gasteiger partial charge in [0.1, 0.15) is 0 Å². The van der Waals surface area contributed by atoms with Crippen molar-refractivity contribution in [3.05, 3.63) is 64.8 Å². The smallest absolute Gasteiger partial charge is 0.339 e. The largest absolute Gasteiger partial charge is 0.449 e. The number of hydrogen-bond donors (Lipinski definition) is 0. The lowest BCUT2D eigenvalue weighted by Gasteiger charge is -2.15. The fraction of sp³-hybridized carbons (Fsp3) is 0.348. The monoisotopic (exact) mass is 362 g/mol. The van der Waals surface area contributed by atoms with Crippen LogP contribution in [0.1, 0.15) is 53.0 Å². The van der Waals surface area contributed by atoms with Gasteiger partial charge in [0, 0.05) is 54.1 Å². The summed E-state index contributed by atoms with van der Waals surface area (Å²) in [5.41, 5.74) is 6.17. The van der Waals surface area contributed by atoms with Crippen LogP contribution in [0.3, 0.4) is 0 Å². The van der Waals surface area contributed by atoms with Crippen LogP contribution in [0.15, 0.2) is 42.5 Å². The van der Waals surface area contributed by atoms with Gasteiger partial charge in [-0.25, -0.2) is 4.79 Å². The third-order valence-electron chi connectivity index (χ3n) is 5.56. The van der Waals surface area contributed by atoms with Gasteiger partial charge in [-0.1, -0.05) is 37.6 Å². The van der Waals surface area contributed by atoms with Gasteiger partial charge in [-0.2, -0.15) is 0 Å². The number of aromatic nitrogens is 1. The Morgan fingerprint density at radius 1 is 1.15 bits per heavy atom. The van der Waals surface area contributed by atoms with Gasteiger partial charge in [0.2, 0.25) is 0 Å². The molecule has 0 spiro atoms. The van der Waals surface area contributed by atoms with E-state index in [9.17, 15) is 4.79 Å². The first-order valence-electron chi connectivity index (χ1n) is 9.63. The van der Waals surface area contributed by atoms with E-state index in [-0.39, 0.29) is 12.1 Å². The number of esters is 1. The van der Waals surface area contributed by atoms with Gasteiger partial charge in [-0.15, -0.1) is 0 Å². The molecule has 0 fully saturated rings. The number of anilines is 1. The summed E-state index contributed by atoms with van der Waals surface area (Å²) in [6.07, 6.45) is 1.94. The molecule has 0 saturated carbocycles. The average Bonchev–Trinajstić information content (AvgIpc) is 3.13. The Labute approximate surface area is 160 Å². The van der Waals surface area contributed by atoms with E-state index in [1.807, 2.05) is 31.1 Å². The van der Waals surface area contributed by atoms with Gasteiger partial charge in [0.05, 0.1) is 5.56 Å². The lowest BCUT2D eigenvalue weighted by molar-refractivity contribution is 0.0457. The number of nitrogens with zero attached hydrogens (tertiary/aromatic N) is 2. The predicted molar refractivity (Wildman–Crippen MR) is 110 cm³/mol. The van der Waals surface area contributed by atoms with Crippen molar-refractivity contribution in [1.82, 2.24) is 4.57 Å². The van der Waals surface area contributed by atoms with Crippen LogP contribution in [0, 0.1) is 6.92 Å². The Morgan fingerprint density at radius 2 is 1.93 bits per heavy atom. The molecule has 0 radical (unpaired) electrons. The van der Waals surface area contributed by atoms with Gasteiger partial charge < -0.3 is 14.2 Å². The molecule has 1 aliphatic heterocycles. The van der Waals surface area contributed by atoms with Crippen LogP contribution >= 0.6 is 0 Å². The number of fused-ring (bicyclic) bond motifs is 2. The molecule has 3 aromatic rings.